The van der Waals surface area contributed by atoms with E-state index >= 15 is 0 Å². The number of aryl methyl sites for hydroxylation is 1. The molecule has 6 nitrogen and oxygen atoms in total. The van der Waals surface area contributed by atoms with E-state index in [4.69, 9.17) is 19.7 Å². The monoisotopic (exact) mass is 229 g/mol. The summed E-state index contributed by atoms with van der Waals surface area (Å²) >= 11 is 0. The van der Waals surface area contributed by atoms with E-state index in [-0.39, 0.29) is 0 Å². The minimum absolute atomic E-state index is 0.583. The van der Waals surface area contributed by atoms with Gasteiger partial charge in [-0.25, -0.2) is 0 Å². The number of nitrogens with two attached hydrogens (primary N) is 1. The molecule has 0 bridgehead atoms. The van der Waals surface area contributed by atoms with Crippen LogP contribution in [0.15, 0.2) is 4.52 Å². The zero-order valence-electron chi connectivity index (χ0n) is 9.65. The van der Waals surface area contributed by atoms with Crippen LogP contribution in [0.5, 0.6) is 0 Å². The third-order valence-corrected chi connectivity index (χ3v) is 2.01. The van der Waals surface area contributed by atoms with Crippen molar-refractivity contribution in [3.63, 3.8) is 0 Å². The van der Waals surface area contributed by atoms with Crippen LogP contribution in [0.2, 0.25) is 0 Å². The van der Waals surface area contributed by atoms with Gasteiger partial charge in [-0.05, 0) is 13.0 Å². The van der Waals surface area contributed by atoms with E-state index in [0.717, 1.165) is 12.8 Å². The molecule has 0 saturated heterocycles. The minimum Gasteiger partial charge on any atom is -0.382 e. The molecule has 2 N–H and O–H groups in total. The molecule has 0 aliphatic heterocycles. The summed E-state index contributed by atoms with van der Waals surface area (Å²) in [5, 5.41) is 3.85. The second-order valence-electron chi connectivity index (χ2n) is 3.35. The van der Waals surface area contributed by atoms with E-state index in [2.05, 4.69) is 10.1 Å². The summed E-state index contributed by atoms with van der Waals surface area (Å²) in [6.07, 6.45) is 2.27. The van der Waals surface area contributed by atoms with Gasteiger partial charge in [-0.2, -0.15) is 4.98 Å². The maximum atomic E-state index is 5.39. The lowest BCUT2D eigenvalue weighted by Crippen LogP contribution is -2.05. The van der Waals surface area contributed by atoms with Crippen LogP contribution in [0.1, 0.15) is 18.1 Å². The molecule has 0 atom stereocenters. The topological polar surface area (TPSA) is 83.4 Å². The Bertz CT molecular complexity index is 278. The first-order valence-electron chi connectivity index (χ1n) is 5.45. The fraction of sp³-hybridized carbons (Fsp3) is 0.800. The Morgan fingerprint density at radius 3 is 2.88 bits per heavy atom. The molecule has 1 rings (SSSR count). The van der Waals surface area contributed by atoms with Gasteiger partial charge < -0.3 is 19.7 Å². The molecular weight excluding hydrogens is 210 g/mol. The molecule has 0 amide bonds. The van der Waals surface area contributed by atoms with Crippen LogP contribution in [-0.4, -0.2) is 43.6 Å². The van der Waals surface area contributed by atoms with Crippen molar-refractivity contribution >= 4 is 0 Å². The third kappa shape index (κ3) is 5.20. The van der Waals surface area contributed by atoms with E-state index in [0.29, 0.717) is 44.5 Å². The largest absolute Gasteiger partial charge is 0.382 e. The zero-order valence-corrected chi connectivity index (χ0v) is 9.65. The summed E-state index contributed by atoms with van der Waals surface area (Å²) < 4.78 is 15.2. The van der Waals surface area contributed by atoms with Crippen molar-refractivity contribution in [3.8, 4) is 0 Å². The SMILES string of the molecule is COCCOCCc1noc(CCCN)n1. The Morgan fingerprint density at radius 2 is 2.12 bits per heavy atom. The Labute approximate surface area is 95.1 Å². The lowest BCUT2D eigenvalue weighted by atomic mass is 10.3. The Morgan fingerprint density at radius 1 is 1.25 bits per heavy atom. The third-order valence-electron chi connectivity index (χ3n) is 2.01. The molecule has 0 aromatic carbocycles. The van der Waals surface area contributed by atoms with E-state index in [9.17, 15) is 0 Å². The number of rotatable bonds is 9. The summed E-state index contributed by atoms with van der Waals surface area (Å²) in [6.45, 7) is 2.42. The summed E-state index contributed by atoms with van der Waals surface area (Å²) in [5.74, 6) is 1.33. The smallest absolute Gasteiger partial charge is 0.226 e. The van der Waals surface area contributed by atoms with Crippen molar-refractivity contribution in [2.75, 3.05) is 33.5 Å². The molecule has 1 aromatic heterocycles. The summed E-state index contributed by atoms with van der Waals surface area (Å²) in [4.78, 5) is 4.22. The number of ether oxygens (including phenoxy) is 2. The number of hydrogen-bond donors (Lipinski definition) is 1. The van der Waals surface area contributed by atoms with E-state index in [1.165, 1.54) is 0 Å². The van der Waals surface area contributed by atoms with Crippen LogP contribution in [0, 0.1) is 0 Å². The second kappa shape index (κ2) is 8.20. The molecule has 0 radical (unpaired) electrons. The molecule has 0 spiro atoms. The summed E-state index contributed by atoms with van der Waals surface area (Å²) in [6, 6.07) is 0. The van der Waals surface area contributed by atoms with Gasteiger partial charge in [0.2, 0.25) is 5.89 Å². The van der Waals surface area contributed by atoms with Gasteiger partial charge in [-0.15, -0.1) is 0 Å². The highest BCUT2D eigenvalue weighted by molar-refractivity contribution is 4.86. The van der Waals surface area contributed by atoms with Gasteiger partial charge in [0.05, 0.1) is 19.8 Å². The second-order valence-corrected chi connectivity index (χ2v) is 3.35. The number of nitrogens with zero attached hydrogens (tertiary/aromatic N) is 2. The van der Waals surface area contributed by atoms with Gasteiger partial charge in [0.1, 0.15) is 0 Å². The van der Waals surface area contributed by atoms with Crippen LogP contribution < -0.4 is 5.73 Å². The highest BCUT2D eigenvalue weighted by Crippen LogP contribution is 2.01. The van der Waals surface area contributed by atoms with Crippen LogP contribution >= 0.6 is 0 Å². The molecule has 0 unspecified atom stereocenters. The summed E-state index contributed by atoms with van der Waals surface area (Å²) in [5.41, 5.74) is 5.39. The highest BCUT2D eigenvalue weighted by Gasteiger charge is 2.05. The van der Waals surface area contributed by atoms with E-state index in [1.807, 2.05) is 0 Å². The molecule has 0 aliphatic rings. The molecule has 0 saturated carbocycles. The Hall–Kier alpha value is -0.980. The first-order chi connectivity index (χ1) is 7.86. The molecule has 1 heterocycles. The lowest BCUT2D eigenvalue weighted by Gasteiger charge is -1.99. The van der Waals surface area contributed by atoms with Gasteiger partial charge in [0, 0.05) is 20.0 Å². The molecule has 1 aromatic rings. The van der Waals surface area contributed by atoms with Crippen molar-refractivity contribution in [3.05, 3.63) is 11.7 Å². The van der Waals surface area contributed by atoms with E-state index in [1.54, 1.807) is 7.11 Å². The fourth-order valence-corrected chi connectivity index (χ4v) is 1.15. The number of methoxy groups -OCH3 is 1. The van der Waals surface area contributed by atoms with Gasteiger partial charge in [-0.3, -0.25) is 0 Å². The van der Waals surface area contributed by atoms with Crippen LogP contribution in [0.25, 0.3) is 0 Å². The average molecular weight is 229 g/mol. The van der Waals surface area contributed by atoms with Crippen molar-refractivity contribution in [2.45, 2.75) is 19.3 Å². The van der Waals surface area contributed by atoms with Crippen LogP contribution in [0.4, 0.5) is 0 Å². The van der Waals surface area contributed by atoms with Crippen LogP contribution in [0.3, 0.4) is 0 Å². The van der Waals surface area contributed by atoms with Crippen molar-refractivity contribution in [2.24, 2.45) is 5.73 Å². The standard InChI is InChI=1S/C10H19N3O3/c1-14-7-8-15-6-4-9-12-10(16-13-9)3-2-5-11/h2-8,11H2,1H3. The maximum absolute atomic E-state index is 5.39. The Balaban J connectivity index is 2.14. The maximum Gasteiger partial charge on any atom is 0.226 e. The number of hydrogen-bond acceptors (Lipinski definition) is 6. The molecule has 0 aliphatic carbocycles. The Kier molecular flexibility index (Phi) is 6.71. The molecule has 92 valence electrons. The van der Waals surface area contributed by atoms with Crippen molar-refractivity contribution < 1.29 is 14.0 Å². The predicted molar refractivity (Wildman–Crippen MR) is 58.1 cm³/mol. The average Bonchev–Trinajstić information content (AvgIpc) is 2.74. The molecule has 16 heavy (non-hydrogen) atoms. The normalized spacial score (nSPS) is 10.9. The highest BCUT2D eigenvalue weighted by atomic mass is 16.5. The fourth-order valence-electron chi connectivity index (χ4n) is 1.15. The first kappa shape index (κ1) is 13.1. The molecule has 6 heteroatoms. The minimum atomic E-state index is 0.583. The van der Waals surface area contributed by atoms with Gasteiger partial charge in [0.25, 0.3) is 0 Å². The first-order valence-corrected chi connectivity index (χ1v) is 5.45. The lowest BCUT2D eigenvalue weighted by molar-refractivity contribution is 0.0714. The summed E-state index contributed by atoms with van der Waals surface area (Å²) in [7, 11) is 1.65. The van der Waals surface area contributed by atoms with E-state index < -0.39 is 0 Å². The van der Waals surface area contributed by atoms with Crippen molar-refractivity contribution in [1.82, 2.24) is 10.1 Å². The van der Waals surface area contributed by atoms with Gasteiger partial charge in [0.15, 0.2) is 5.82 Å². The molecular formula is C10H19N3O3. The number of aromatic nitrogens is 2. The van der Waals surface area contributed by atoms with Gasteiger partial charge >= 0.3 is 0 Å². The van der Waals surface area contributed by atoms with Crippen LogP contribution in [-0.2, 0) is 22.3 Å². The van der Waals surface area contributed by atoms with Gasteiger partial charge in [-0.1, -0.05) is 5.16 Å². The van der Waals surface area contributed by atoms with Crippen molar-refractivity contribution in [1.29, 1.82) is 0 Å². The molecule has 0 fully saturated rings. The zero-order chi connectivity index (χ0) is 11.6. The predicted octanol–water partition coefficient (Wildman–Crippen LogP) is 0.166. The quantitative estimate of drug-likeness (QED) is 0.607.